The lowest BCUT2D eigenvalue weighted by atomic mass is 10.3. The van der Waals surface area contributed by atoms with E-state index in [9.17, 15) is 4.39 Å². The van der Waals surface area contributed by atoms with Gasteiger partial charge in [-0.3, -0.25) is 0 Å². The van der Waals surface area contributed by atoms with Gasteiger partial charge in [-0.25, -0.2) is 9.37 Å². The molecule has 1 aromatic heterocycles. The van der Waals surface area contributed by atoms with Gasteiger partial charge in [-0.15, -0.1) is 0 Å². The summed E-state index contributed by atoms with van der Waals surface area (Å²) in [5, 5.41) is 0.211. The van der Waals surface area contributed by atoms with Crippen LogP contribution in [0.15, 0.2) is 30.3 Å². The van der Waals surface area contributed by atoms with Gasteiger partial charge in [-0.05, 0) is 12.1 Å². The Morgan fingerprint density at radius 2 is 2.06 bits per heavy atom. The Kier molecular flexibility index (Phi) is 4.07. The van der Waals surface area contributed by atoms with Gasteiger partial charge in [0.1, 0.15) is 11.8 Å². The molecule has 6 heteroatoms. The summed E-state index contributed by atoms with van der Waals surface area (Å²) in [7, 11) is 1.52. The van der Waals surface area contributed by atoms with E-state index in [1.807, 2.05) is 0 Å². The quantitative estimate of drug-likeness (QED) is 0.799. The maximum Gasteiger partial charge on any atom is 0.224 e. The van der Waals surface area contributed by atoms with Crippen LogP contribution in [0.1, 0.15) is 5.82 Å². The summed E-state index contributed by atoms with van der Waals surface area (Å²) >= 11 is 5.81. The number of ether oxygens (including phenoxy) is 2. The first kappa shape index (κ1) is 12.7. The molecule has 0 aliphatic heterocycles. The molecule has 0 saturated heterocycles. The first-order valence-electron chi connectivity index (χ1n) is 5.14. The standard InChI is InChI=1S/C12H10ClFN2O2/c1-17-7-11-15-10(13)6-12(16-11)18-9-5-3-2-4-8(9)14/h2-6H,7H2,1H3. The van der Waals surface area contributed by atoms with Crippen molar-refractivity contribution in [3.63, 3.8) is 0 Å². The molecule has 1 aromatic carbocycles. The number of aromatic nitrogens is 2. The van der Waals surface area contributed by atoms with Crippen molar-refractivity contribution < 1.29 is 13.9 Å². The van der Waals surface area contributed by atoms with Gasteiger partial charge in [0.25, 0.3) is 0 Å². The Bertz CT molecular complexity index is 551. The van der Waals surface area contributed by atoms with Crippen LogP contribution in [0.25, 0.3) is 0 Å². The van der Waals surface area contributed by atoms with Gasteiger partial charge in [-0.2, -0.15) is 4.98 Å². The normalized spacial score (nSPS) is 10.4. The Morgan fingerprint density at radius 1 is 1.28 bits per heavy atom. The molecule has 0 fully saturated rings. The minimum atomic E-state index is -0.472. The Labute approximate surface area is 108 Å². The molecule has 0 aliphatic rings. The average molecular weight is 269 g/mol. The Balaban J connectivity index is 2.26. The smallest absolute Gasteiger partial charge is 0.224 e. The van der Waals surface area contributed by atoms with Crippen molar-refractivity contribution in [2.75, 3.05) is 7.11 Å². The maximum atomic E-state index is 13.4. The Hall–Kier alpha value is -1.72. The average Bonchev–Trinajstić information content (AvgIpc) is 2.32. The number of hydrogen-bond donors (Lipinski definition) is 0. The van der Waals surface area contributed by atoms with E-state index in [-0.39, 0.29) is 23.4 Å². The fraction of sp³-hybridized carbons (Fsp3) is 0.167. The predicted octanol–water partition coefficient (Wildman–Crippen LogP) is 3.21. The molecule has 0 N–H and O–H groups in total. The first-order chi connectivity index (χ1) is 8.69. The fourth-order valence-electron chi connectivity index (χ4n) is 1.33. The third kappa shape index (κ3) is 3.15. The molecule has 0 spiro atoms. The zero-order valence-corrected chi connectivity index (χ0v) is 10.3. The summed E-state index contributed by atoms with van der Waals surface area (Å²) in [6.45, 7) is 0.203. The van der Waals surface area contributed by atoms with Crippen LogP contribution < -0.4 is 4.74 Å². The van der Waals surface area contributed by atoms with E-state index in [0.717, 1.165) is 0 Å². The summed E-state index contributed by atoms with van der Waals surface area (Å²) < 4.78 is 23.6. The molecule has 0 radical (unpaired) electrons. The number of rotatable bonds is 4. The molecule has 1 heterocycles. The molecule has 0 unspecified atom stereocenters. The van der Waals surface area contributed by atoms with Gasteiger partial charge in [0.05, 0.1) is 0 Å². The highest BCUT2D eigenvalue weighted by atomic mass is 35.5. The summed E-state index contributed by atoms with van der Waals surface area (Å²) in [4.78, 5) is 7.99. The lowest BCUT2D eigenvalue weighted by Gasteiger charge is -2.07. The second kappa shape index (κ2) is 5.75. The second-order valence-corrected chi connectivity index (χ2v) is 3.80. The third-order valence-electron chi connectivity index (χ3n) is 2.04. The molecule has 0 aliphatic carbocycles. The Morgan fingerprint density at radius 3 is 2.78 bits per heavy atom. The highest BCUT2D eigenvalue weighted by molar-refractivity contribution is 6.29. The van der Waals surface area contributed by atoms with E-state index < -0.39 is 5.82 Å². The zero-order chi connectivity index (χ0) is 13.0. The number of methoxy groups -OCH3 is 1. The molecule has 2 rings (SSSR count). The van der Waals surface area contributed by atoms with Crippen LogP contribution in [-0.4, -0.2) is 17.1 Å². The maximum absolute atomic E-state index is 13.4. The molecule has 0 atom stereocenters. The van der Waals surface area contributed by atoms with E-state index in [1.165, 1.54) is 25.3 Å². The van der Waals surface area contributed by atoms with Crippen molar-refractivity contribution in [2.24, 2.45) is 0 Å². The van der Waals surface area contributed by atoms with E-state index in [1.54, 1.807) is 12.1 Å². The molecule has 0 amide bonds. The molecule has 94 valence electrons. The van der Waals surface area contributed by atoms with Crippen LogP contribution in [0.5, 0.6) is 11.6 Å². The SMILES string of the molecule is COCc1nc(Cl)cc(Oc2ccccc2F)n1. The highest BCUT2D eigenvalue weighted by Gasteiger charge is 2.08. The fourth-order valence-corrected chi connectivity index (χ4v) is 1.52. The summed E-state index contributed by atoms with van der Waals surface area (Å²) in [5.41, 5.74) is 0. The van der Waals surface area contributed by atoms with Gasteiger partial charge in [0, 0.05) is 13.2 Å². The van der Waals surface area contributed by atoms with Crippen molar-refractivity contribution in [2.45, 2.75) is 6.61 Å². The number of hydrogen-bond acceptors (Lipinski definition) is 4. The number of para-hydroxylation sites is 1. The van der Waals surface area contributed by atoms with Gasteiger partial charge in [0.2, 0.25) is 5.88 Å². The van der Waals surface area contributed by atoms with Crippen LogP contribution in [-0.2, 0) is 11.3 Å². The van der Waals surface area contributed by atoms with Crippen LogP contribution in [0.3, 0.4) is 0 Å². The molecular formula is C12H10ClFN2O2. The monoisotopic (exact) mass is 268 g/mol. The van der Waals surface area contributed by atoms with Crippen molar-refractivity contribution in [3.05, 3.63) is 47.1 Å². The number of halogens is 2. The van der Waals surface area contributed by atoms with Gasteiger partial charge in [-0.1, -0.05) is 23.7 Å². The van der Waals surface area contributed by atoms with Gasteiger partial charge in [0.15, 0.2) is 17.4 Å². The third-order valence-corrected chi connectivity index (χ3v) is 2.24. The molecule has 0 saturated carbocycles. The van der Waals surface area contributed by atoms with Crippen LogP contribution >= 0.6 is 11.6 Å². The molecule has 18 heavy (non-hydrogen) atoms. The van der Waals surface area contributed by atoms with E-state index >= 15 is 0 Å². The topological polar surface area (TPSA) is 44.2 Å². The van der Waals surface area contributed by atoms with Gasteiger partial charge >= 0.3 is 0 Å². The van der Waals surface area contributed by atoms with E-state index in [2.05, 4.69) is 9.97 Å². The lowest BCUT2D eigenvalue weighted by Crippen LogP contribution is -1.99. The zero-order valence-electron chi connectivity index (χ0n) is 9.56. The number of benzene rings is 1. The van der Waals surface area contributed by atoms with Crippen LogP contribution in [0, 0.1) is 5.82 Å². The molecule has 2 aromatic rings. The van der Waals surface area contributed by atoms with E-state index in [4.69, 9.17) is 21.1 Å². The van der Waals surface area contributed by atoms with Crippen molar-refractivity contribution in [1.29, 1.82) is 0 Å². The van der Waals surface area contributed by atoms with Crippen molar-refractivity contribution in [3.8, 4) is 11.6 Å². The summed E-state index contributed by atoms with van der Waals surface area (Å²) in [6, 6.07) is 7.45. The largest absolute Gasteiger partial charge is 0.436 e. The minimum absolute atomic E-state index is 0.0793. The number of nitrogens with zero attached hydrogens (tertiary/aromatic N) is 2. The molecule has 4 nitrogen and oxygen atoms in total. The van der Waals surface area contributed by atoms with Gasteiger partial charge < -0.3 is 9.47 Å². The molecular weight excluding hydrogens is 259 g/mol. The van der Waals surface area contributed by atoms with E-state index in [0.29, 0.717) is 5.82 Å². The lowest BCUT2D eigenvalue weighted by molar-refractivity contribution is 0.177. The van der Waals surface area contributed by atoms with Crippen LogP contribution in [0.2, 0.25) is 5.15 Å². The summed E-state index contributed by atoms with van der Waals surface area (Å²) in [6.07, 6.45) is 0. The summed E-state index contributed by atoms with van der Waals surface area (Å²) in [5.74, 6) is 0.152. The molecule has 0 bridgehead atoms. The minimum Gasteiger partial charge on any atom is -0.436 e. The highest BCUT2D eigenvalue weighted by Crippen LogP contribution is 2.24. The van der Waals surface area contributed by atoms with Crippen LogP contribution in [0.4, 0.5) is 4.39 Å². The van der Waals surface area contributed by atoms with Crippen molar-refractivity contribution in [1.82, 2.24) is 9.97 Å². The van der Waals surface area contributed by atoms with Crippen molar-refractivity contribution >= 4 is 11.6 Å². The first-order valence-corrected chi connectivity index (χ1v) is 5.51. The predicted molar refractivity (Wildman–Crippen MR) is 64.2 cm³/mol. The second-order valence-electron chi connectivity index (χ2n) is 3.41.